The Hall–Kier alpha value is -2.36. The van der Waals surface area contributed by atoms with Crippen LogP contribution in [0, 0.1) is 6.92 Å². The van der Waals surface area contributed by atoms with Gasteiger partial charge in [-0.3, -0.25) is 9.59 Å². The second-order valence-corrected chi connectivity index (χ2v) is 6.52. The molecule has 1 amide bonds. The first-order chi connectivity index (χ1) is 11.1. The van der Waals surface area contributed by atoms with E-state index in [-0.39, 0.29) is 17.7 Å². The van der Waals surface area contributed by atoms with E-state index in [0.29, 0.717) is 12.1 Å². The smallest absolute Gasteiger partial charge is 0.268 e. The first kappa shape index (κ1) is 14.2. The Morgan fingerprint density at radius 1 is 1.22 bits per heavy atom. The SMILES string of the molecule is Cc1c(C(=O)N[C@@H]2CCc3ccccc32)[nH]c2c1C(=O)CCC2. The third-order valence-corrected chi connectivity index (χ3v) is 5.10. The number of H-pyrrole nitrogens is 1. The van der Waals surface area contributed by atoms with Crippen LogP contribution in [-0.4, -0.2) is 16.7 Å². The number of benzene rings is 1. The number of carbonyl (C=O) groups excluding carboxylic acids is 2. The molecule has 2 N–H and O–H groups in total. The molecule has 23 heavy (non-hydrogen) atoms. The van der Waals surface area contributed by atoms with Gasteiger partial charge < -0.3 is 10.3 Å². The van der Waals surface area contributed by atoms with Gasteiger partial charge in [-0.05, 0) is 49.3 Å². The number of Topliss-reactive ketones (excluding diaryl/α,β-unsaturated/α-hetero) is 1. The number of amides is 1. The minimum atomic E-state index is -0.105. The van der Waals surface area contributed by atoms with E-state index in [1.165, 1.54) is 11.1 Å². The largest absolute Gasteiger partial charge is 0.354 e. The molecule has 2 aliphatic rings. The van der Waals surface area contributed by atoms with Crippen LogP contribution in [-0.2, 0) is 12.8 Å². The molecule has 1 atom stereocenters. The predicted octanol–water partition coefficient (Wildman–Crippen LogP) is 3.26. The monoisotopic (exact) mass is 308 g/mol. The van der Waals surface area contributed by atoms with Crippen LogP contribution in [0.25, 0.3) is 0 Å². The minimum absolute atomic E-state index is 0.0640. The van der Waals surface area contributed by atoms with Gasteiger partial charge in [0.25, 0.3) is 5.91 Å². The highest BCUT2D eigenvalue weighted by Gasteiger charge is 2.29. The zero-order valence-corrected chi connectivity index (χ0v) is 13.2. The first-order valence-corrected chi connectivity index (χ1v) is 8.28. The average Bonchev–Trinajstić information content (AvgIpc) is 3.10. The van der Waals surface area contributed by atoms with E-state index in [9.17, 15) is 9.59 Å². The summed E-state index contributed by atoms with van der Waals surface area (Å²) in [4.78, 5) is 28.0. The standard InChI is InChI=1S/C19H20N2O2/c1-11-17-15(7-4-8-16(17)22)20-18(11)19(23)21-14-10-9-12-5-2-3-6-13(12)14/h2-3,5-6,14,20H,4,7-10H2,1H3,(H,21,23)/t14-/m1/s1. The van der Waals surface area contributed by atoms with Gasteiger partial charge in [-0.25, -0.2) is 0 Å². The van der Waals surface area contributed by atoms with Crippen LogP contribution in [0.1, 0.15) is 68.5 Å². The van der Waals surface area contributed by atoms with Crippen molar-refractivity contribution in [2.75, 3.05) is 0 Å². The summed E-state index contributed by atoms with van der Waals surface area (Å²) in [5.74, 6) is 0.0525. The third-order valence-electron chi connectivity index (χ3n) is 5.10. The van der Waals surface area contributed by atoms with Crippen LogP contribution in [0.5, 0.6) is 0 Å². The van der Waals surface area contributed by atoms with Gasteiger partial charge in [0.05, 0.1) is 6.04 Å². The van der Waals surface area contributed by atoms with Gasteiger partial charge in [0.2, 0.25) is 0 Å². The number of hydrogen-bond acceptors (Lipinski definition) is 2. The fraction of sp³-hybridized carbons (Fsp3) is 0.368. The number of aromatic nitrogens is 1. The predicted molar refractivity (Wildman–Crippen MR) is 87.8 cm³/mol. The van der Waals surface area contributed by atoms with E-state index < -0.39 is 0 Å². The first-order valence-electron chi connectivity index (χ1n) is 8.28. The number of rotatable bonds is 2. The molecule has 0 spiro atoms. The van der Waals surface area contributed by atoms with E-state index in [1.54, 1.807) is 0 Å². The maximum absolute atomic E-state index is 12.7. The third kappa shape index (κ3) is 2.29. The quantitative estimate of drug-likeness (QED) is 0.894. The summed E-state index contributed by atoms with van der Waals surface area (Å²) in [5.41, 5.74) is 5.55. The van der Waals surface area contributed by atoms with Gasteiger partial charge in [-0.1, -0.05) is 24.3 Å². The fourth-order valence-corrected chi connectivity index (χ4v) is 3.94. The van der Waals surface area contributed by atoms with Crippen molar-refractivity contribution in [2.45, 2.75) is 45.1 Å². The molecule has 0 aliphatic heterocycles. The Balaban J connectivity index is 1.60. The highest BCUT2D eigenvalue weighted by atomic mass is 16.2. The number of nitrogens with one attached hydrogen (secondary N) is 2. The number of aromatic amines is 1. The summed E-state index contributed by atoms with van der Waals surface area (Å²) in [6.07, 6.45) is 4.23. The lowest BCUT2D eigenvalue weighted by molar-refractivity contribution is 0.0931. The van der Waals surface area contributed by atoms with Crippen LogP contribution in [0.4, 0.5) is 0 Å². The maximum Gasteiger partial charge on any atom is 0.268 e. The van der Waals surface area contributed by atoms with Crippen molar-refractivity contribution < 1.29 is 9.59 Å². The fourth-order valence-electron chi connectivity index (χ4n) is 3.94. The van der Waals surface area contributed by atoms with E-state index in [2.05, 4.69) is 22.4 Å². The molecule has 1 aromatic carbocycles. The Kier molecular flexibility index (Phi) is 3.33. The van der Waals surface area contributed by atoms with Crippen molar-refractivity contribution in [1.29, 1.82) is 0 Å². The Labute approximate surface area is 135 Å². The number of carbonyl (C=O) groups is 2. The van der Waals surface area contributed by atoms with Crippen molar-refractivity contribution in [3.8, 4) is 0 Å². The highest BCUT2D eigenvalue weighted by molar-refractivity contribution is 6.04. The lowest BCUT2D eigenvalue weighted by Crippen LogP contribution is -2.28. The zero-order valence-electron chi connectivity index (χ0n) is 13.2. The van der Waals surface area contributed by atoms with Gasteiger partial charge in [-0.2, -0.15) is 0 Å². The summed E-state index contributed by atoms with van der Waals surface area (Å²) < 4.78 is 0. The highest BCUT2D eigenvalue weighted by Crippen LogP contribution is 2.32. The second kappa shape index (κ2) is 5.37. The zero-order chi connectivity index (χ0) is 16.0. The molecule has 1 aromatic heterocycles. The van der Waals surface area contributed by atoms with Gasteiger partial charge >= 0.3 is 0 Å². The topological polar surface area (TPSA) is 62.0 Å². The van der Waals surface area contributed by atoms with E-state index in [0.717, 1.165) is 42.5 Å². The molecule has 1 heterocycles. The van der Waals surface area contributed by atoms with E-state index in [1.807, 2.05) is 19.1 Å². The molecule has 4 heteroatoms. The van der Waals surface area contributed by atoms with Crippen molar-refractivity contribution >= 4 is 11.7 Å². The number of hydrogen-bond donors (Lipinski definition) is 2. The van der Waals surface area contributed by atoms with Gasteiger partial charge in [-0.15, -0.1) is 0 Å². The molecular formula is C19H20N2O2. The molecule has 0 bridgehead atoms. The van der Waals surface area contributed by atoms with Crippen LogP contribution < -0.4 is 5.32 Å². The molecule has 0 saturated carbocycles. The number of ketones is 1. The molecular weight excluding hydrogens is 288 g/mol. The summed E-state index contributed by atoms with van der Waals surface area (Å²) in [5, 5.41) is 3.13. The lowest BCUT2D eigenvalue weighted by Gasteiger charge is -2.14. The van der Waals surface area contributed by atoms with E-state index in [4.69, 9.17) is 0 Å². The Bertz CT molecular complexity index is 804. The average molecular weight is 308 g/mol. The van der Waals surface area contributed by atoms with Crippen LogP contribution in [0.2, 0.25) is 0 Å². The van der Waals surface area contributed by atoms with E-state index >= 15 is 0 Å². The minimum Gasteiger partial charge on any atom is -0.354 e. The summed E-state index contributed by atoms with van der Waals surface area (Å²) in [6.45, 7) is 1.87. The van der Waals surface area contributed by atoms with Crippen molar-refractivity contribution in [2.24, 2.45) is 0 Å². The molecule has 118 valence electrons. The summed E-state index contributed by atoms with van der Waals surface area (Å²) >= 11 is 0. The molecule has 4 rings (SSSR count). The lowest BCUT2D eigenvalue weighted by atomic mass is 9.94. The van der Waals surface area contributed by atoms with Crippen molar-refractivity contribution in [1.82, 2.24) is 10.3 Å². The molecule has 4 nitrogen and oxygen atoms in total. The van der Waals surface area contributed by atoms with Crippen molar-refractivity contribution in [3.63, 3.8) is 0 Å². The summed E-state index contributed by atoms with van der Waals surface area (Å²) in [7, 11) is 0. The number of fused-ring (bicyclic) bond motifs is 2. The van der Waals surface area contributed by atoms with Crippen LogP contribution in [0.15, 0.2) is 24.3 Å². The summed E-state index contributed by atoms with van der Waals surface area (Å²) in [6, 6.07) is 8.33. The Morgan fingerprint density at radius 3 is 2.87 bits per heavy atom. The Morgan fingerprint density at radius 2 is 2.04 bits per heavy atom. The molecule has 0 saturated heterocycles. The van der Waals surface area contributed by atoms with Crippen molar-refractivity contribution in [3.05, 3.63) is 57.9 Å². The molecule has 0 radical (unpaired) electrons. The number of aryl methyl sites for hydroxylation is 2. The maximum atomic E-state index is 12.7. The molecule has 2 aliphatic carbocycles. The molecule has 2 aromatic rings. The van der Waals surface area contributed by atoms with Crippen LogP contribution >= 0.6 is 0 Å². The van der Waals surface area contributed by atoms with Gasteiger partial charge in [0.15, 0.2) is 5.78 Å². The van der Waals surface area contributed by atoms with Crippen LogP contribution in [0.3, 0.4) is 0 Å². The molecule has 0 fully saturated rings. The molecule has 0 unspecified atom stereocenters. The van der Waals surface area contributed by atoms with Gasteiger partial charge in [0.1, 0.15) is 5.69 Å². The van der Waals surface area contributed by atoms with Gasteiger partial charge in [0, 0.05) is 17.7 Å². The normalized spacial score (nSPS) is 19.3. The second-order valence-electron chi connectivity index (χ2n) is 6.52.